The van der Waals surface area contributed by atoms with Gasteiger partial charge in [-0.05, 0) is 80.1 Å². The zero-order valence-corrected chi connectivity index (χ0v) is 38.4. The summed E-state index contributed by atoms with van der Waals surface area (Å²) in [5.74, 6) is -10.1. The minimum atomic E-state index is -3.25. The van der Waals surface area contributed by atoms with E-state index in [2.05, 4.69) is 15.4 Å². The molecule has 0 bridgehead atoms. The van der Waals surface area contributed by atoms with E-state index in [1.165, 1.54) is 32.3 Å². The summed E-state index contributed by atoms with van der Waals surface area (Å²) in [7, 11) is 4.97. The third kappa shape index (κ3) is 9.52. The first-order chi connectivity index (χ1) is 28.9. The summed E-state index contributed by atoms with van der Waals surface area (Å²) in [5, 5.41) is 25.1. The Morgan fingerprint density at radius 1 is 1.11 bits per heavy atom. The summed E-state index contributed by atoms with van der Waals surface area (Å²) in [6.07, 6.45) is -5.97. The number of ketones is 2. The van der Waals surface area contributed by atoms with Gasteiger partial charge in [-0.15, -0.1) is 10.2 Å². The Morgan fingerprint density at radius 2 is 1.79 bits per heavy atom. The third-order valence-corrected chi connectivity index (χ3v) is 14.1. The molecule has 1 aromatic heterocycles. The number of nitrogen functional groups attached to an aromatic ring is 1. The Hall–Kier alpha value is -4.14. The molecule has 1 aromatic carbocycles. The second-order valence-electron chi connectivity index (χ2n) is 17.8. The van der Waals surface area contributed by atoms with Crippen LogP contribution in [-0.4, -0.2) is 124 Å². The lowest BCUT2D eigenvalue weighted by Crippen LogP contribution is -2.61. The first-order valence-corrected chi connectivity index (χ1v) is 21.8. The summed E-state index contributed by atoms with van der Waals surface area (Å²) < 4.78 is 47.4. The summed E-state index contributed by atoms with van der Waals surface area (Å²) in [5.41, 5.74) is 7.30. The molecular weight excluding hydrogens is 828 g/mol. The van der Waals surface area contributed by atoms with Gasteiger partial charge in [0.15, 0.2) is 34.6 Å². The van der Waals surface area contributed by atoms with Gasteiger partial charge in [-0.25, -0.2) is 9.18 Å². The molecule has 1 unspecified atom stereocenters. The Labute approximate surface area is 366 Å². The number of aromatic nitrogens is 2. The van der Waals surface area contributed by atoms with Gasteiger partial charge < -0.3 is 50.0 Å². The van der Waals surface area contributed by atoms with E-state index in [9.17, 15) is 24.3 Å². The van der Waals surface area contributed by atoms with Crippen molar-refractivity contribution < 1.29 is 57.2 Å². The molecule has 2 aromatic rings. The van der Waals surface area contributed by atoms with Gasteiger partial charge in [-0.3, -0.25) is 14.4 Å². The van der Waals surface area contributed by atoms with Crippen molar-refractivity contribution >= 4 is 46.4 Å². The molecule has 15 atom stereocenters. The third-order valence-electron chi connectivity index (χ3n) is 12.9. The summed E-state index contributed by atoms with van der Waals surface area (Å²) >= 11 is 1.25. The number of amidine groups is 1. The average Bonchev–Trinajstić information content (AvgIpc) is 3.82. The molecule has 3 aliphatic heterocycles. The number of rotatable bonds is 10. The van der Waals surface area contributed by atoms with Crippen molar-refractivity contribution in [2.75, 3.05) is 26.9 Å². The Kier molecular flexibility index (Phi) is 14.9. The first kappa shape index (κ1) is 48.9. The lowest BCUT2D eigenvalue weighted by atomic mass is 9.67. The van der Waals surface area contributed by atoms with Crippen LogP contribution in [0, 0.1) is 29.6 Å². The van der Waals surface area contributed by atoms with Crippen LogP contribution in [0.25, 0.3) is 10.6 Å². The minimum Gasteiger partial charge on any atom is -0.455 e. The largest absolute Gasteiger partial charge is 0.455 e. The molecular formula is C43H63FN6O11S. The molecule has 3 fully saturated rings. The lowest BCUT2D eigenvalue weighted by Gasteiger charge is -2.47. The molecule has 4 heterocycles. The fourth-order valence-corrected chi connectivity index (χ4v) is 10.2. The van der Waals surface area contributed by atoms with Crippen LogP contribution in [0.15, 0.2) is 29.4 Å². The van der Waals surface area contributed by atoms with Crippen molar-refractivity contribution in [3.63, 3.8) is 0 Å². The van der Waals surface area contributed by atoms with Crippen LogP contribution < -0.4 is 11.5 Å². The maximum atomic E-state index is 17.0. The maximum Gasteiger partial charge on any atom is 0.351 e. The van der Waals surface area contributed by atoms with E-state index in [1.54, 1.807) is 66.9 Å². The number of halogens is 1. The number of anilines is 1. The molecule has 5 N–H and O–H groups in total. The monoisotopic (exact) mass is 890 g/mol. The van der Waals surface area contributed by atoms with Gasteiger partial charge >= 0.3 is 11.9 Å². The molecule has 0 saturated carbocycles. The van der Waals surface area contributed by atoms with Gasteiger partial charge in [0.1, 0.15) is 28.9 Å². The second kappa shape index (κ2) is 18.9. The number of nitrogens with two attached hydrogens (primary N) is 2. The highest BCUT2D eigenvalue weighted by atomic mass is 32.1. The number of aliphatic hydroxyl groups is 1. The van der Waals surface area contributed by atoms with E-state index in [4.69, 9.17) is 40.0 Å². The molecule has 344 valence electrons. The van der Waals surface area contributed by atoms with E-state index in [0.29, 0.717) is 22.1 Å². The van der Waals surface area contributed by atoms with E-state index < -0.39 is 101 Å². The maximum absolute atomic E-state index is 17.0. The number of oxime groups is 1. The highest BCUT2D eigenvalue weighted by Gasteiger charge is 2.63. The lowest BCUT2D eigenvalue weighted by molar-refractivity contribution is -0.295. The topological polar surface area (TPSA) is 237 Å². The van der Waals surface area contributed by atoms with Crippen LogP contribution in [0.2, 0.25) is 0 Å². The molecule has 19 heteroatoms. The number of Topliss-reactive ketones (excluding diaryl/α,β-unsaturated/α-hetero) is 2. The number of cyclic esters (lactones) is 1. The fourth-order valence-electron chi connectivity index (χ4n) is 9.38. The first-order valence-electron chi connectivity index (χ1n) is 21.0. The number of fused-ring (bicyclic) bond motifs is 1. The summed E-state index contributed by atoms with van der Waals surface area (Å²) in [6.45, 7) is 13.7. The van der Waals surface area contributed by atoms with Gasteiger partial charge in [-0.1, -0.05) is 56.3 Å². The van der Waals surface area contributed by atoms with Crippen molar-refractivity contribution in [1.29, 1.82) is 0 Å². The van der Waals surface area contributed by atoms with Crippen LogP contribution in [0.3, 0.4) is 0 Å². The number of ether oxygens (including phenoxy) is 5. The number of benzene rings is 1. The van der Waals surface area contributed by atoms with Crippen molar-refractivity contribution in [3.05, 3.63) is 29.3 Å². The number of carbonyl (C=O) groups is 4. The molecule has 3 saturated heterocycles. The molecule has 0 radical (unpaired) electrons. The van der Waals surface area contributed by atoms with Crippen LogP contribution in [0.5, 0.6) is 0 Å². The number of nitrogens with zero attached hydrogens (tertiary/aromatic N) is 4. The molecule has 0 amide bonds. The molecule has 62 heavy (non-hydrogen) atoms. The van der Waals surface area contributed by atoms with Gasteiger partial charge in [0, 0.05) is 48.1 Å². The smallest absolute Gasteiger partial charge is 0.351 e. The number of hydrogen-bond donors (Lipinski definition) is 3. The average molecular weight is 891 g/mol. The normalized spacial score (nSPS) is 38.2. The molecule has 0 spiro atoms. The van der Waals surface area contributed by atoms with Crippen molar-refractivity contribution in [1.82, 2.24) is 15.1 Å². The number of aliphatic hydroxyl groups excluding tert-OH is 1. The highest BCUT2D eigenvalue weighted by Crippen LogP contribution is 2.48. The number of alkyl halides is 1. The predicted molar refractivity (Wildman–Crippen MR) is 227 cm³/mol. The molecule has 5 rings (SSSR count). The van der Waals surface area contributed by atoms with Crippen LogP contribution in [0.4, 0.5) is 10.1 Å². The standard InChI is InChI=1S/C43H63FN6O11S/c1-13-28-43(9)30(29(38(54)60-43)35(46)49-61-24(6)36-47-48-37(62-36)25-15-14-16-26(45)18-25)22(4)31(51)20(2)19-41(7,56-12)34(23(5)33(53)42(8,44)40(55)58-28)59-39-32(52)27(50(10)11)17-21(3)57-39/h14-16,18,20-24,27-30,32,34,39,52H,13,17,19,45H2,1-12H3,(H2,46,49)/t20-,21-,22-,23+,24+,27+,28+,29-,30+,32-,34-,39?,41-,42+,43-/m1/s1. The molecule has 17 nitrogen and oxygen atoms in total. The van der Waals surface area contributed by atoms with E-state index >= 15 is 4.39 Å². The Morgan fingerprint density at radius 3 is 2.40 bits per heavy atom. The van der Waals surface area contributed by atoms with Gasteiger partial charge in [0.2, 0.25) is 0 Å². The SMILES string of the molecule is CC[C@@H]1OC(=O)[C@@](C)(F)C(=O)[C@H](C)[C@@H](OC2O[C@H](C)C[C@H](N(C)C)[C@H]2O)[C@](C)(OC)C[C@@H](C)C(=O)[C@H](C)[C@H]2[C@H](/C(N)=N/O[C@@H](C)c3nnc(-c4cccc(N)c4)s3)C(=O)O[C@@]21C. The zero-order chi connectivity index (χ0) is 46.2. The number of esters is 2. The molecule has 0 aliphatic carbocycles. The fraction of sp³-hybridized carbons (Fsp3) is 0.698. The van der Waals surface area contributed by atoms with Gasteiger partial charge in [0.25, 0.3) is 5.67 Å². The summed E-state index contributed by atoms with van der Waals surface area (Å²) in [6, 6.07) is 6.76. The number of carbonyl (C=O) groups excluding carboxylic acids is 4. The van der Waals surface area contributed by atoms with Crippen LogP contribution in [-0.2, 0) is 47.7 Å². The van der Waals surface area contributed by atoms with Crippen molar-refractivity contribution in [3.8, 4) is 10.6 Å². The zero-order valence-electron chi connectivity index (χ0n) is 37.6. The number of methoxy groups -OCH3 is 1. The Balaban J connectivity index is 1.53. The highest BCUT2D eigenvalue weighted by molar-refractivity contribution is 7.14. The second-order valence-corrected chi connectivity index (χ2v) is 18.9. The van der Waals surface area contributed by atoms with Crippen molar-refractivity contribution in [2.45, 2.75) is 141 Å². The predicted octanol–water partition coefficient (Wildman–Crippen LogP) is 4.40. The minimum absolute atomic E-state index is 0.0122. The van der Waals surface area contributed by atoms with E-state index in [-0.39, 0.29) is 30.6 Å². The van der Waals surface area contributed by atoms with Crippen LogP contribution in [0.1, 0.15) is 92.7 Å². The van der Waals surface area contributed by atoms with E-state index in [1.807, 2.05) is 17.9 Å². The summed E-state index contributed by atoms with van der Waals surface area (Å²) in [4.78, 5) is 64.7. The van der Waals surface area contributed by atoms with Crippen molar-refractivity contribution in [2.24, 2.45) is 40.5 Å². The van der Waals surface area contributed by atoms with Gasteiger partial charge in [0.05, 0.1) is 17.8 Å². The quantitative estimate of drug-likeness (QED) is 0.0748. The number of likely N-dealkylation sites (N-methyl/N-ethyl adjacent to an activating group) is 1. The molecule has 3 aliphatic rings. The van der Waals surface area contributed by atoms with Gasteiger partial charge in [-0.2, -0.15) is 0 Å². The number of hydrogen-bond acceptors (Lipinski definition) is 17. The van der Waals surface area contributed by atoms with Crippen LogP contribution >= 0.6 is 11.3 Å². The Bertz CT molecular complexity index is 2000. The van der Waals surface area contributed by atoms with E-state index in [0.717, 1.165) is 12.5 Å².